The van der Waals surface area contributed by atoms with E-state index in [0.717, 1.165) is 11.8 Å². The van der Waals surface area contributed by atoms with Crippen LogP contribution in [0.25, 0.3) is 0 Å². The second kappa shape index (κ2) is 2.49. The second-order valence-corrected chi connectivity index (χ2v) is 3.37. The van der Waals surface area contributed by atoms with Crippen LogP contribution in [0.4, 0.5) is 0 Å². The molecule has 0 amide bonds. The van der Waals surface area contributed by atoms with Gasteiger partial charge in [-0.2, -0.15) is 0 Å². The van der Waals surface area contributed by atoms with Crippen molar-refractivity contribution < 1.29 is 4.92 Å². The standard InChI is InChI=1S/C3H4N2O2S2/c6-5(7)2-1-4-3(8)9-2/h1,3-4,8H/t3-/m1/s1. The van der Waals surface area contributed by atoms with E-state index in [9.17, 15) is 10.1 Å². The topological polar surface area (TPSA) is 55.2 Å². The van der Waals surface area contributed by atoms with Crippen LogP contribution in [0.15, 0.2) is 11.2 Å². The molecule has 50 valence electrons. The molecule has 6 heteroatoms. The highest BCUT2D eigenvalue weighted by Gasteiger charge is 2.22. The van der Waals surface area contributed by atoms with Crippen LogP contribution in [0, 0.1) is 10.1 Å². The normalized spacial score (nSPS) is 25.0. The van der Waals surface area contributed by atoms with Crippen LogP contribution in [0.2, 0.25) is 0 Å². The van der Waals surface area contributed by atoms with Gasteiger partial charge in [0.1, 0.15) is 4.71 Å². The maximum Gasteiger partial charge on any atom is 0.321 e. The molecular formula is C3H4N2O2S2. The Balaban J connectivity index is 2.55. The summed E-state index contributed by atoms with van der Waals surface area (Å²) < 4.78 is -0.162. The molecule has 1 rings (SSSR count). The number of rotatable bonds is 1. The van der Waals surface area contributed by atoms with Gasteiger partial charge in [0.05, 0.1) is 11.1 Å². The maximum atomic E-state index is 9.99. The largest absolute Gasteiger partial charge is 0.365 e. The smallest absolute Gasteiger partial charge is 0.321 e. The predicted octanol–water partition coefficient (Wildman–Crippen LogP) is 0.612. The number of hydrogen-bond donors (Lipinski definition) is 2. The Morgan fingerprint density at radius 3 is 2.89 bits per heavy atom. The first kappa shape index (κ1) is 6.76. The summed E-state index contributed by atoms with van der Waals surface area (Å²) in [6, 6.07) is 0. The van der Waals surface area contributed by atoms with Gasteiger partial charge in [-0.25, -0.2) is 0 Å². The zero-order valence-electron chi connectivity index (χ0n) is 4.27. The van der Waals surface area contributed by atoms with Crippen LogP contribution in [0.5, 0.6) is 0 Å². The summed E-state index contributed by atoms with van der Waals surface area (Å²) in [4.78, 5) is 9.55. The quantitative estimate of drug-likeness (QED) is 0.339. The molecule has 0 saturated carbocycles. The van der Waals surface area contributed by atoms with Gasteiger partial charge in [0.15, 0.2) is 0 Å². The van der Waals surface area contributed by atoms with Crippen LogP contribution in [0.1, 0.15) is 0 Å². The van der Waals surface area contributed by atoms with E-state index < -0.39 is 4.92 Å². The Kier molecular flexibility index (Phi) is 1.87. The zero-order valence-corrected chi connectivity index (χ0v) is 5.98. The van der Waals surface area contributed by atoms with Gasteiger partial charge in [0.25, 0.3) is 0 Å². The van der Waals surface area contributed by atoms with Crippen molar-refractivity contribution in [1.82, 2.24) is 5.32 Å². The van der Waals surface area contributed by atoms with Gasteiger partial charge in [-0.3, -0.25) is 10.1 Å². The van der Waals surface area contributed by atoms with Crippen molar-refractivity contribution in [2.24, 2.45) is 0 Å². The Hall–Kier alpha value is -0.360. The first-order valence-corrected chi connectivity index (χ1v) is 3.55. The number of nitro groups is 1. The van der Waals surface area contributed by atoms with Crippen LogP contribution >= 0.6 is 24.4 Å². The lowest BCUT2D eigenvalue weighted by molar-refractivity contribution is -0.410. The van der Waals surface area contributed by atoms with Gasteiger partial charge >= 0.3 is 5.03 Å². The highest BCUT2D eigenvalue weighted by atomic mass is 32.2. The number of hydrogen-bond acceptors (Lipinski definition) is 5. The van der Waals surface area contributed by atoms with E-state index in [-0.39, 0.29) is 9.73 Å². The predicted molar refractivity (Wildman–Crippen MR) is 38.6 cm³/mol. The van der Waals surface area contributed by atoms with Crippen LogP contribution in [0.3, 0.4) is 0 Å². The molecule has 0 spiro atoms. The Labute approximate surface area is 61.3 Å². The minimum Gasteiger partial charge on any atom is -0.365 e. The molecule has 1 atom stereocenters. The van der Waals surface area contributed by atoms with Crippen molar-refractivity contribution >= 4 is 24.4 Å². The van der Waals surface area contributed by atoms with E-state index in [1.54, 1.807) is 0 Å². The molecule has 0 bridgehead atoms. The number of nitrogens with one attached hydrogen (secondary N) is 1. The number of thiol groups is 1. The monoisotopic (exact) mass is 164 g/mol. The van der Waals surface area contributed by atoms with Crippen LogP contribution in [-0.4, -0.2) is 9.63 Å². The Morgan fingerprint density at radius 1 is 2.00 bits per heavy atom. The lowest BCUT2D eigenvalue weighted by Crippen LogP contribution is -2.06. The molecule has 0 fully saturated rings. The average Bonchev–Trinajstić information content (AvgIpc) is 2.14. The third-order valence-electron chi connectivity index (χ3n) is 0.762. The summed E-state index contributed by atoms with van der Waals surface area (Å²) in [5.74, 6) is 0. The van der Waals surface area contributed by atoms with Crippen LogP contribution < -0.4 is 5.32 Å². The zero-order chi connectivity index (χ0) is 6.85. The summed E-state index contributed by atoms with van der Waals surface area (Å²) >= 11 is 5.03. The molecule has 9 heavy (non-hydrogen) atoms. The van der Waals surface area contributed by atoms with Gasteiger partial charge < -0.3 is 5.32 Å². The molecule has 0 aliphatic carbocycles. The van der Waals surface area contributed by atoms with E-state index in [4.69, 9.17) is 0 Å². The van der Waals surface area contributed by atoms with Crippen molar-refractivity contribution in [3.63, 3.8) is 0 Å². The average molecular weight is 164 g/mol. The molecule has 1 N–H and O–H groups in total. The summed E-state index contributed by atoms with van der Waals surface area (Å²) in [6.45, 7) is 0. The third-order valence-corrected chi connectivity index (χ3v) is 2.09. The van der Waals surface area contributed by atoms with Gasteiger partial charge in [0.2, 0.25) is 0 Å². The maximum absolute atomic E-state index is 9.99. The van der Waals surface area contributed by atoms with E-state index >= 15 is 0 Å². The summed E-state index contributed by atoms with van der Waals surface area (Å²) in [7, 11) is 0. The van der Waals surface area contributed by atoms with Gasteiger partial charge in [0, 0.05) is 0 Å². The number of thioether (sulfide) groups is 1. The van der Waals surface area contributed by atoms with Crippen LogP contribution in [-0.2, 0) is 0 Å². The molecule has 0 saturated heterocycles. The molecule has 0 unspecified atom stereocenters. The van der Waals surface area contributed by atoms with Crippen molar-refractivity contribution in [3.05, 3.63) is 21.3 Å². The number of nitrogens with zero attached hydrogens (tertiary/aromatic N) is 1. The first-order chi connectivity index (χ1) is 4.20. The van der Waals surface area contributed by atoms with Crippen molar-refractivity contribution in [3.8, 4) is 0 Å². The minimum absolute atomic E-state index is 0.120. The lowest BCUT2D eigenvalue weighted by Gasteiger charge is -1.94. The molecule has 0 aromatic heterocycles. The molecule has 1 aliphatic rings. The van der Waals surface area contributed by atoms with Crippen molar-refractivity contribution in [2.75, 3.05) is 0 Å². The molecule has 4 nitrogen and oxygen atoms in total. The minimum atomic E-state index is -0.437. The van der Waals surface area contributed by atoms with E-state index in [0.29, 0.717) is 0 Å². The molecule has 1 heterocycles. The molecule has 0 radical (unpaired) electrons. The van der Waals surface area contributed by atoms with Gasteiger partial charge in [-0.05, 0) is 11.8 Å². The molecular weight excluding hydrogens is 160 g/mol. The SMILES string of the molecule is O=[N+]([O-])C1=CN[C@H](S)S1. The van der Waals surface area contributed by atoms with Crippen molar-refractivity contribution in [2.45, 2.75) is 4.71 Å². The molecule has 0 aromatic rings. The Morgan fingerprint density at radius 2 is 2.67 bits per heavy atom. The van der Waals surface area contributed by atoms with E-state index in [1.165, 1.54) is 6.20 Å². The summed E-state index contributed by atoms with van der Waals surface area (Å²) in [5.41, 5.74) is 0. The highest BCUT2D eigenvalue weighted by Crippen LogP contribution is 2.27. The fourth-order valence-corrected chi connectivity index (χ4v) is 1.41. The van der Waals surface area contributed by atoms with Crippen molar-refractivity contribution in [1.29, 1.82) is 0 Å². The van der Waals surface area contributed by atoms with Gasteiger partial charge in [-0.1, -0.05) is 0 Å². The fraction of sp³-hybridized carbons (Fsp3) is 0.333. The summed E-state index contributed by atoms with van der Waals surface area (Å²) in [5, 5.41) is 12.8. The lowest BCUT2D eigenvalue weighted by atomic mass is 10.9. The highest BCUT2D eigenvalue weighted by molar-refractivity contribution is 8.12. The second-order valence-electron chi connectivity index (χ2n) is 1.38. The van der Waals surface area contributed by atoms with Gasteiger partial charge in [-0.15, -0.1) is 12.6 Å². The molecule has 0 aromatic carbocycles. The molecule has 1 aliphatic heterocycles. The van der Waals surface area contributed by atoms with E-state index in [1.807, 2.05) is 0 Å². The first-order valence-electron chi connectivity index (χ1n) is 2.15. The Bertz CT molecular complexity index is 169. The third kappa shape index (κ3) is 1.52. The fourth-order valence-electron chi connectivity index (χ4n) is 0.421. The van der Waals surface area contributed by atoms with E-state index in [2.05, 4.69) is 17.9 Å². The summed E-state index contributed by atoms with van der Waals surface area (Å²) in [6.07, 6.45) is 1.35.